The largest absolute Gasteiger partial charge is 0.489 e. The van der Waals surface area contributed by atoms with Crippen molar-refractivity contribution in [2.75, 3.05) is 20.1 Å². The van der Waals surface area contributed by atoms with E-state index in [1.165, 1.54) is 12.1 Å². The van der Waals surface area contributed by atoms with Crippen molar-refractivity contribution in [3.05, 3.63) is 52.7 Å². The maximum absolute atomic E-state index is 10.7. The Balaban J connectivity index is 1.65. The number of non-ortho nitro benzene ring substituents is 1. The summed E-state index contributed by atoms with van der Waals surface area (Å²) in [5.41, 5.74) is 1.70. The highest BCUT2D eigenvalue weighted by atomic mass is 16.6. The minimum absolute atomic E-state index is 0.0796. The number of nitrogens with zero attached hydrogens (tertiary/aromatic N) is 3. The van der Waals surface area contributed by atoms with Crippen LogP contribution in [0.1, 0.15) is 12.8 Å². The van der Waals surface area contributed by atoms with Gasteiger partial charge in [0.05, 0.1) is 16.8 Å². The number of nitro groups is 1. The molecule has 0 atom stereocenters. The zero-order valence-corrected chi connectivity index (χ0v) is 13.0. The average Bonchev–Trinajstić information content (AvgIpc) is 2.58. The maximum atomic E-state index is 10.7. The normalized spacial score (nSPS) is 16.2. The molecule has 2 aromatic rings. The summed E-state index contributed by atoms with van der Waals surface area (Å²) in [4.78, 5) is 17.0. The smallest absolute Gasteiger partial charge is 0.269 e. The SMILES string of the molecule is CN1CCC(Oc2ccc(-c3ccc([N+](=O)[O-])cc3)nc2)CC1. The van der Waals surface area contributed by atoms with Crippen LogP contribution in [0.2, 0.25) is 0 Å². The van der Waals surface area contributed by atoms with Gasteiger partial charge in [0.1, 0.15) is 11.9 Å². The van der Waals surface area contributed by atoms with Crippen LogP contribution in [0.4, 0.5) is 5.69 Å². The summed E-state index contributed by atoms with van der Waals surface area (Å²) < 4.78 is 5.97. The van der Waals surface area contributed by atoms with Crippen LogP contribution >= 0.6 is 0 Å². The molecule has 1 aliphatic rings. The second kappa shape index (κ2) is 6.75. The zero-order valence-electron chi connectivity index (χ0n) is 13.0. The third-order valence-electron chi connectivity index (χ3n) is 4.08. The summed E-state index contributed by atoms with van der Waals surface area (Å²) in [7, 11) is 2.12. The molecule has 1 aromatic carbocycles. The predicted octanol–water partition coefficient (Wildman–Crippen LogP) is 3.13. The van der Waals surface area contributed by atoms with Gasteiger partial charge >= 0.3 is 0 Å². The maximum Gasteiger partial charge on any atom is 0.269 e. The van der Waals surface area contributed by atoms with Gasteiger partial charge in [-0.05, 0) is 44.2 Å². The molecule has 0 radical (unpaired) electrons. The molecular weight excluding hydrogens is 294 g/mol. The van der Waals surface area contributed by atoms with Crippen molar-refractivity contribution in [2.45, 2.75) is 18.9 Å². The molecule has 0 N–H and O–H groups in total. The number of nitro benzene ring substituents is 1. The van der Waals surface area contributed by atoms with Crippen molar-refractivity contribution in [1.82, 2.24) is 9.88 Å². The molecule has 0 unspecified atom stereocenters. The standard InChI is InChI=1S/C17H19N3O3/c1-19-10-8-15(9-11-19)23-16-6-7-17(18-12-16)13-2-4-14(5-3-13)20(21)22/h2-7,12,15H,8-11H2,1H3. The first-order valence-corrected chi connectivity index (χ1v) is 7.68. The number of benzene rings is 1. The molecule has 0 saturated carbocycles. The molecule has 1 fully saturated rings. The minimum atomic E-state index is -0.407. The quantitative estimate of drug-likeness (QED) is 0.641. The molecule has 6 nitrogen and oxygen atoms in total. The number of pyridine rings is 1. The van der Waals surface area contributed by atoms with E-state index < -0.39 is 4.92 Å². The van der Waals surface area contributed by atoms with Gasteiger partial charge in [0.2, 0.25) is 0 Å². The van der Waals surface area contributed by atoms with E-state index >= 15 is 0 Å². The van der Waals surface area contributed by atoms with E-state index in [1.54, 1.807) is 18.3 Å². The Hall–Kier alpha value is -2.47. The fraction of sp³-hybridized carbons (Fsp3) is 0.353. The van der Waals surface area contributed by atoms with Crippen molar-refractivity contribution >= 4 is 5.69 Å². The summed E-state index contributed by atoms with van der Waals surface area (Å²) in [5, 5.41) is 10.7. The van der Waals surface area contributed by atoms with Crippen molar-refractivity contribution in [3.8, 4) is 17.0 Å². The van der Waals surface area contributed by atoms with Crippen LogP contribution < -0.4 is 4.74 Å². The molecule has 120 valence electrons. The van der Waals surface area contributed by atoms with E-state index in [1.807, 2.05) is 12.1 Å². The van der Waals surface area contributed by atoms with Gasteiger partial charge in [-0.2, -0.15) is 0 Å². The van der Waals surface area contributed by atoms with Crippen LogP contribution in [0.15, 0.2) is 42.6 Å². The Labute approximate surface area is 134 Å². The fourth-order valence-electron chi connectivity index (χ4n) is 2.67. The van der Waals surface area contributed by atoms with Gasteiger partial charge in [-0.1, -0.05) is 0 Å². The molecule has 3 rings (SSSR count). The van der Waals surface area contributed by atoms with Gasteiger partial charge in [-0.3, -0.25) is 15.1 Å². The van der Waals surface area contributed by atoms with Crippen LogP contribution in [0.3, 0.4) is 0 Å². The number of rotatable bonds is 4. The number of aromatic nitrogens is 1. The summed E-state index contributed by atoms with van der Waals surface area (Å²) in [6.07, 6.45) is 4.02. The van der Waals surface area contributed by atoms with E-state index in [2.05, 4.69) is 16.9 Å². The van der Waals surface area contributed by atoms with Crippen LogP contribution in [0.5, 0.6) is 5.75 Å². The van der Waals surface area contributed by atoms with Gasteiger partial charge in [0.15, 0.2) is 0 Å². The molecule has 0 amide bonds. The lowest BCUT2D eigenvalue weighted by Gasteiger charge is -2.29. The first-order chi connectivity index (χ1) is 11.1. The van der Waals surface area contributed by atoms with E-state index in [0.29, 0.717) is 0 Å². The summed E-state index contributed by atoms with van der Waals surface area (Å²) in [6, 6.07) is 10.2. The molecule has 1 aliphatic heterocycles. The third kappa shape index (κ3) is 3.84. The molecule has 1 aromatic heterocycles. The second-order valence-corrected chi connectivity index (χ2v) is 5.80. The van der Waals surface area contributed by atoms with Gasteiger partial charge < -0.3 is 9.64 Å². The molecule has 0 spiro atoms. The predicted molar refractivity (Wildman–Crippen MR) is 87.5 cm³/mol. The van der Waals surface area contributed by atoms with Crippen molar-refractivity contribution in [1.29, 1.82) is 0 Å². The zero-order chi connectivity index (χ0) is 16.2. The monoisotopic (exact) mass is 313 g/mol. The van der Waals surface area contributed by atoms with E-state index in [0.717, 1.165) is 42.9 Å². The van der Waals surface area contributed by atoms with Crippen molar-refractivity contribution in [2.24, 2.45) is 0 Å². The van der Waals surface area contributed by atoms with Gasteiger partial charge in [0.25, 0.3) is 5.69 Å². The number of likely N-dealkylation sites (tertiary alicyclic amines) is 1. The molecule has 0 aliphatic carbocycles. The van der Waals surface area contributed by atoms with Gasteiger partial charge in [-0.15, -0.1) is 0 Å². The Morgan fingerprint density at radius 1 is 1.17 bits per heavy atom. The Morgan fingerprint density at radius 3 is 2.43 bits per heavy atom. The molecule has 2 heterocycles. The lowest BCUT2D eigenvalue weighted by molar-refractivity contribution is -0.384. The fourth-order valence-corrected chi connectivity index (χ4v) is 2.67. The van der Waals surface area contributed by atoms with E-state index in [4.69, 9.17) is 4.74 Å². The number of hydrogen-bond donors (Lipinski definition) is 0. The van der Waals surface area contributed by atoms with E-state index in [-0.39, 0.29) is 11.8 Å². The topological polar surface area (TPSA) is 68.5 Å². The van der Waals surface area contributed by atoms with Crippen LogP contribution in [0.25, 0.3) is 11.3 Å². The molecule has 23 heavy (non-hydrogen) atoms. The summed E-state index contributed by atoms with van der Waals surface area (Å²) >= 11 is 0. The third-order valence-corrected chi connectivity index (χ3v) is 4.08. The Bertz CT molecular complexity index is 662. The van der Waals surface area contributed by atoms with Crippen molar-refractivity contribution < 1.29 is 9.66 Å². The highest BCUT2D eigenvalue weighted by Crippen LogP contribution is 2.23. The average molecular weight is 313 g/mol. The summed E-state index contributed by atoms with van der Waals surface area (Å²) in [6.45, 7) is 2.11. The number of hydrogen-bond acceptors (Lipinski definition) is 5. The lowest BCUT2D eigenvalue weighted by atomic mass is 10.1. The molecule has 6 heteroatoms. The second-order valence-electron chi connectivity index (χ2n) is 5.80. The number of ether oxygens (including phenoxy) is 1. The number of piperidine rings is 1. The Kier molecular flexibility index (Phi) is 4.52. The molecular formula is C17H19N3O3. The van der Waals surface area contributed by atoms with Gasteiger partial charge in [-0.25, -0.2) is 0 Å². The van der Waals surface area contributed by atoms with E-state index in [9.17, 15) is 10.1 Å². The van der Waals surface area contributed by atoms with Gasteiger partial charge in [0, 0.05) is 30.8 Å². The Morgan fingerprint density at radius 2 is 1.87 bits per heavy atom. The highest BCUT2D eigenvalue weighted by molar-refractivity contribution is 5.61. The van der Waals surface area contributed by atoms with Crippen LogP contribution in [-0.4, -0.2) is 41.0 Å². The first kappa shape index (κ1) is 15.4. The lowest BCUT2D eigenvalue weighted by Crippen LogP contribution is -2.35. The summed E-state index contributed by atoms with van der Waals surface area (Å²) in [5.74, 6) is 0.769. The van der Waals surface area contributed by atoms with Crippen molar-refractivity contribution in [3.63, 3.8) is 0 Å². The molecule has 0 bridgehead atoms. The molecule has 1 saturated heterocycles. The van der Waals surface area contributed by atoms with Crippen LogP contribution in [0, 0.1) is 10.1 Å². The van der Waals surface area contributed by atoms with Crippen LogP contribution in [-0.2, 0) is 0 Å². The highest BCUT2D eigenvalue weighted by Gasteiger charge is 2.18. The first-order valence-electron chi connectivity index (χ1n) is 7.68. The minimum Gasteiger partial charge on any atom is -0.489 e.